The van der Waals surface area contributed by atoms with E-state index < -0.39 is 0 Å². The molecule has 4 nitrogen and oxygen atoms in total. The molecule has 0 aromatic rings. The van der Waals surface area contributed by atoms with Gasteiger partial charge in [0.15, 0.2) is 0 Å². The van der Waals surface area contributed by atoms with Crippen LogP contribution in [-0.4, -0.2) is 24.9 Å². The second kappa shape index (κ2) is 10.3. The van der Waals surface area contributed by atoms with Gasteiger partial charge in [0, 0.05) is 25.2 Å². The van der Waals surface area contributed by atoms with E-state index in [-0.39, 0.29) is 11.5 Å². The zero-order chi connectivity index (χ0) is 12.2. The normalized spacial score (nSPS) is 10.7. The van der Waals surface area contributed by atoms with Crippen LogP contribution in [0.1, 0.15) is 26.2 Å². The summed E-state index contributed by atoms with van der Waals surface area (Å²) in [7, 11) is 0. The predicted octanol–water partition coefficient (Wildman–Crippen LogP) is 1.53. The Labute approximate surface area is 102 Å². The number of hydrogen-bond donors (Lipinski definition) is 2. The third-order valence-corrected chi connectivity index (χ3v) is 2.15. The molecule has 0 aromatic carbocycles. The van der Waals surface area contributed by atoms with Gasteiger partial charge in [0.2, 0.25) is 0 Å². The van der Waals surface area contributed by atoms with E-state index in [0.29, 0.717) is 19.0 Å². The van der Waals surface area contributed by atoms with Crippen LogP contribution in [0.3, 0.4) is 0 Å². The van der Waals surface area contributed by atoms with Crippen LogP contribution in [0.4, 0.5) is 0 Å². The summed E-state index contributed by atoms with van der Waals surface area (Å²) in [6.45, 7) is 3.31. The molecule has 16 heavy (non-hydrogen) atoms. The number of nitrogens with one attached hydrogen (secondary N) is 2. The Balaban J connectivity index is 3.96. The van der Waals surface area contributed by atoms with Gasteiger partial charge in [-0.2, -0.15) is 5.26 Å². The molecule has 0 heterocycles. The van der Waals surface area contributed by atoms with Gasteiger partial charge >= 0.3 is 0 Å². The SMILES string of the molecule is CCCCNC(=O)/C(C#N)=C\NCCCCl. The number of nitrogens with zero attached hydrogens (tertiary/aromatic N) is 1. The third-order valence-electron chi connectivity index (χ3n) is 1.88. The van der Waals surface area contributed by atoms with Crippen LogP contribution in [0, 0.1) is 11.3 Å². The minimum Gasteiger partial charge on any atom is -0.390 e. The third kappa shape index (κ3) is 7.13. The Kier molecular flexibility index (Phi) is 9.53. The van der Waals surface area contributed by atoms with Crippen LogP contribution >= 0.6 is 11.6 Å². The lowest BCUT2D eigenvalue weighted by Gasteiger charge is -2.03. The summed E-state index contributed by atoms with van der Waals surface area (Å²) in [5.74, 6) is 0.236. The van der Waals surface area contributed by atoms with Crippen molar-refractivity contribution in [3.8, 4) is 6.07 Å². The molecule has 0 rings (SSSR count). The van der Waals surface area contributed by atoms with Gasteiger partial charge in [-0.1, -0.05) is 13.3 Å². The van der Waals surface area contributed by atoms with Crippen molar-refractivity contribution in [1.82, 2.24) is 10.6 Å². The van der Waals surface area contributed by atoms with Gasteiger partial charge < -0.3 is 10.6 Å². The van der Waals surface area contributed by atoms with Crippen molar-refractivity contribution in [3.05, 3.63) is 11.8 Å². The fourth-order valence-corrected chi connectivity index (χ4v) is 1.10. The molecule has 0 bridgehead atoms. The minimum absolute atomic E-state index is 0.102. The summed E-state index contributed by atoms with van der Waals surface area (Å²) < 4.78 is 0. The molecule has 0 fully saturated rings. The molecule has 0 spiro atoms. The average Bonchev–Trinajstić information content (AvgIpc) is 2.29. The first kappa shape index (κ1) is 14.8. The monoisotopic (exact) mass is 243 g/mol. The van der Waals surface area contributed by atoms with Crippen molar-refractivity contribution in [3.63, 3.8) is 0 Å². The lowest BCUT2D eigenvalue weighted by atomic mass is 10.2. The van der Waals surface area contributed by atoms with Crippen molar-refractivity contribution in [2.45, 2.75) is 26.2 Å². The van der Waals surface area contributed by atoms with Gasteiger partial charge in [-0.3, -0.25) is 4.79 Å². The fourth-order valence-electron chi connectivity index (χ4n) is 0.966. The number of carbonyl (C=O) groups is 1. The van der Waals surface area contributed by atoms with Crippen LogP contribution in [0.25, 0.3) is 0 Å². The summed E-state index contributed by atoms with van der Waals surface area (Å²) in [6.07, 6.45) is 4.17. The van der Waals surface area contributed by atoms with E-state index in [2.05, 4.69) is 10.6 Å². The van der Waals surface area contributed by atoms with Crippen LogP contribution < -0.4 is 10.6 Å². The van der Waals surface area contributed by atoms with Crippen molar-refractivity contribution < 1.29 is 4.79 Å². The van der Waals surface area contributed by atoms with E-state index in [1.807, 2.05) is 13.0 Å². The number of halogens is 1. The summed E-state index contributed by atoms with van der Waals surface area (Å²) in [5.41, 5.74) is 0.102. The molecular formula is C11H18ClN3O. The molecule has 90 valence electrons. The van der Waals surface area contributed by atoms with Crippen LogP contribution in [0.2, 0.25) is 0 Å². The molecule has 1 amide bonds. The molecular weight excluding hydrogens is 226 g/mol. The van der Waals surface area contributed by atoms with Gasteiger partial charge in [0.25, 0.3) is 5.91 Å². The molecule has 0 aromatic heterocycles. The van der Waals surface area contributed by atoms with E-state index in [4.69, 9.17) is 16.9 Å². The maximum atomic E-state index is 11.4. The van der Waals surface area contributed by atoms with Crippen LogP contribution in [0.5, 0.6) is 0 Å². The highest BCUT2D eigenvalue weighted by atomic mass is 35.5. The second-order valence-corrected chi connectivity index (χ2v) is 3.65. The summed E-state index contributed by atoms with van der Waals surface area (Å²) in [4.78, 5) is 11.4. The maximum Gasteiger partial charge on any atom is 0.263 e. The number of unbranched alkanes of at least 4 members (excludes halogenated alkanes) is 1. The summed E-state index contributed by atoms with van der Waals surface area (Å²) in [6, 6.07) is 1.86. The van der Waals surface area contributed by atoms with Crippen LogP contribution in [-0.2, 0) is 4.79 Å². The van der Waals surface area contributed by atoms with E-state index in [0.717, 1.165) is 19.3 Å². The first-order valence-corrected chi connectivity index (χ1v) is 5.97. The van der Waals surface area contributed by atoms with Gasteiger partial charge in [0.1, 0.15) is 11.6 Å². The topological polar surface area (TPSA) is 64.9 Å². The van der Waals surface area contributed by atoms with E-state index in [1.54, 1.807) is 0 Å². The molecule has 0 aliphatic rings. The maximum absolute atomic E-state index is 11.4. The van der Waals surface area contributed by atoms with Gasteiger partial charge in [-0.15, -0.1) is 11.6 Å². The quantitative estimate of drug-likeness (QED) is 0.294. The van der Waals surface area contributed by atoms with Crippen molar-refractivity contribution in [1.29, 1.82) is 5.26 Å². The van der Waals surface area contributed by atoms with Crippen molar-refractivity contribution in [2.24, 2.45) is 0 Å². The first-order valence-electron chi connectivity index (χ1n) is 5.44. The number of amides is 1. The number of carbonyl (C=O) groups excluding carboxylic acids is 1. The minimum atomic E-state index is -0.325. The molecule has 0 aliphatic carbocycles. The van der Waals surface area contributed by atoms with Gasteiger partial charge in [-0.25, -0.2) is 0 Å². The highest BCUT2D eigenvalue weighted by molar-refractivity contribution is 6.17. The largest absolute Gasteiger partial charge is 0.390 e. The fraction of sp³-hybridized carbons (Fsp3) is 0.636. The van der Waals surface area contributed by atoms with Crippen molar-refractivity contribution in [2.75, 3.05) is 19.0 Å². The smallest absolute Gasteiger partial charge is 0.263 e. The molecule has 0 saturated heterocycles. The Morgan fingerprint density at radius 2 is 2.19 bits per heavy atom. The molecule has 5 heteroatoms. The Morgan fingerprint density at radius 1 is 1.44 bits per heavy atom. The standard InChI is InChI=1S/C11H18ClN3O/c1-2-3-7-15-11(16)10(8-13)9-14-6-4-5-12/h9,14H,2-7H2,1H3,(H,15,16)/b10-9-. The van der Waals surface area contributed by atoms with Crippen molar-refractivity contribution >= 4 is 17.5 Å². The second-order valence-electron chi connectivity index (χ2n) is 3.28. The molecule has 0 saturated carbocycles. The lowest BCUT2D eigenvalue weighted by molar-refractivity contribution is -0.117. The van der Waals surface area contributed by atoms with E-state index in [9.17, 15) is 4.79 Å². The average molecular weight is 244 g/mol. The Bertz CT molecular complexity index is 271. The summed E-state index contributed by atoms with van der Waals surface area (Å²) in [5, 5.41) is 14.3. The molecule has 2 N–H and O–H groups in total. The van der Waals surface area contributed by atoms with Crippen LogP contribution in [0.15, 0.2) is 11.8 Å². The predicted molar refractivity (Wildman–Crippen MR) is 65.0 cm³/mol. The van der Waals surface area contributed by atoms with Gasteiger partial charge in [-0.05, 0) is 12.8 Å². The molecule has 0 aliphatic heterocycles. The zero-order valence-electron chi connectivity index (χ0n) is 9.55. The van der Waals surface area contributed by atoms with E-state index in [1.165, 1.54) is 6.20 Å². The highest BCUT2D eigenvalue weighted by Crippen LogP contribution is 1.92. The molecule has 0 unspecified atom stereocenters. The molecule has 0 radical (unpaired) electrons. The number of hydrogen-bond acceptors (Lipinski definition) is 3. The first-order chi connectivity index (χ1) is 7.76. The number of rotatable bonds is 8. The highest BCUT2D eigenvalue weighted by Gasteiger charge is 2.06. The number of alkyl halides is 1. The summed E-state index contributed by atoms with van der Waals surface area (Å²) >= 11 is 5.49. The number of nitriles is 1. The Hall–Kier alpha value is -1.21. The lowest BCUT2D eigenvalue weighted by Crippen LogP contribution is -2.26. The molecule has 0 atom stereocenters. The van der Waals surface area contributed by atoms with E-state index >= 15 is 0 Å². The van der Waals surface area contributed by atoms with Gasteiger partial charge in [0.05, 0.1) is 0 Å². The Morgan fingerprint density at radius 3 is 2.75 bits per heavy atom. The zero-order valence-corrected chi connectivity index (χ0v) is 10.3.